The van der Waals surface area contributed by atoms with Gasteiger partial charge in [-0.3, -0.25) is 19.7 Å². The molecule has 2 amide bonds. The fourth-order valence-corrected chi connectivity index (χ4v) is 4.21. The SMILES string of the molecule is CCOc1cc(C(=O)N2CCC[C@@H](C(=O)N3CCCCC3)C2)c([N+](=O)[O-])cc1OC. The van der Waals surface area contributed by atoms with Crippen LogP contribution < -0.4 is 9.47 Å². The molecule has 2 heterocycles. The summed E-state index contributed by atoms with van der Waals surface area (Å²) in [6.45, 7) is 4.40. The maximum Gasteiger partial charge on any atom is 0.286 e. The Balaban J connectivity index is 1.83. The lowest BCUT2D eigenvalue weighted by Crippen LogP contribution is -2.48. The summed E-state index contributed by atoms with van der Waals surface area (Å²) in [5.74, 6) is -0.138. The number of carbonyl (C=O) groups excluding carboxylic acids is 2. The number of methoxy groups -OCH3 is 1. The van der Waals surface area contributed by atoms with Crippen LogP contribution in [0.1, 0.15) is 49.4 Å². The Hall–Kier alpha value is -2.84. The number of hydrogen-bond acceptors (Lipinski definition) is 6. The van der Waals surface area contributed by atoms with Crippen LogP contribution >= 0.6 is 0 Å². The molecule has 1 atom stereocenters. The van der Waals surface area contributed by atoms with Gasteiger partial charge in [0.1, 0.15) is 5.56 Å². The molecular formula is C21H29N3O6. The van der Waals surface area contributed by atoms with Gasteiger partial charge in [-0.25, -0.2) is 0 Å². The molecule has 0 unspecified atom stereocenters. The van der Waals surface area contributed by atoms with Crippen molar-refractivity contribution in [3.05, 3.63) is 27.8 Å². The molecule has 0 N–H and O–H groups in total. The summed E-state index contributed by atoms with van der Waals surface area (Å²) in [7, 11) is 1.39. The smallest absolute Gasteiger partial charge is 0.286 e. The van der Waals surface area contributed by atoms with Crippen LogP contribution in [0.15, 0.2) is 12.1 Å². The van der Waals surface area contributed by atoms with E-state index in [1.807, 2.05) is 4.90 Å². The molecule has 9 heteroatoms. The number of rotatable bonds is 6. The monoisotopic (exact) mass is 419 g/mol. The second-order valence-electron chi connectivity index (χ2n) is 7.69. The minimum atomic E-state index is -0.591. The Morgan fingerprint density at radius 3 is 2.43 bits per heavy atom. The largest absolute Gasteiger partial charge is 0.493 e. The second-order valence-corrected chi connectivity index (χ2v) is 7.69. The zero-order chi connectivity index (χ0) is 21.7. The summed E-state index contributed by atoms with van der Waals surface area (Å²) >= 11 is 0. The molecule has 30 heavy (non-hydrogen) atoms. The lowest BCUT2D eigenvalue weighted by atomic mass is 9.94. The summed E-state index contributed by atoms with van der Waals surface area (Å²) in [5.41, 5.74) is -0.375. The number of nitrogens with zero attached hydrogens (tertiary/aromatic N) is 3. The first-order valence-electron chi connectivity index (χ1n) is 10.5. The van der Waals surface area contributed by atoms with Crippen LogP contribution in [0, 0.1) is 16.0 Å². The van der Waals surface area contributed by atoms with Gasteiger partial charge in [-0.15, -0.1) is 0 Å². The van der Waals surface area contributed by atoms with Gasteiger partial charge in [0, 0.05) is 32.2 Å². The topological polar surface area (TPSA) is 102 Å². The lowest BCUT2D eigenvalue weighted by molar-refractivity contribution is -0.385. The van der Waals surface area contributed by atoms with Crippen molar-refractivity contribution in [2.75, 3.05) is 39.9 Å². The van der Waals surface area contributed by atoms with Crippen LogP contribution in [0.4, 0.5) is 5.69 Å². The molecule has 2 aliphatic heterocycles. The first-order valence-corrected chi connectivity index (χ1v) is 10.5. The summed E-state index contributed by atoms with van der Waals surface area (Å²) in [4.78, 5) is 40.6. The molecule has 0 bridgehead atoms. The van der Waals surface area contributed by atoms with Crippen LogP contribution in [0.25, 0.3) is 0 Å². The van der Waals surface area contributed by atoms with E-state index in [1.54, 1.807) is 11.8 Å². The van der Waals surface area contributed by atoms with Crippen LogP contribution in [0.5, 0.6) is 11.5 Å². The molecular weight excluding hydrogens is 390 g/mol. The van der Waals surface area contributed by atoms with Gasteiger partial charge < -0.3 is 19.3 Å². The van der Waals surface area contributed by atoms with E-state index in [-0.39, 0.29) is 41.1 Å². The number of nitro groups is 1. The number of carbonyl (C=O) groups is 2. The highest BCUT2D eigenvalue weighted by Crippen LogP contribution is 2.36. The summed E-state index contributed by atoms with van der Waals surface area (Å²) < 4.78 is 10.7. The molecule has 0 aromatic heterocycles. The van der Waals surface area contributed by atoms with Gasteiger partial charge >= 0.3 is 0 Å². The quantitative estimate of drug-likeness (QED) is 0.519. The summed E-state index contributed by atoms with van der Waals surface area (Å²) in [5, 5.41) is 11.6. The highest BCUT2D eigenvalue weighted by molar-refractivity contribution is 5.99. The number of benzene rings is 1. The maximum absolute atomic E-state index is 13.2. The van der Waals surface area contributed by atoms with E-state index in [0.717, 1.165) is 38.8 Å². The van der Waals surface area contributed by atoms with E-state index < -0.39 is 10.8 Å². The molecule has 0 spiro atoms. The van der Waals surface area contributed by atoms with E-state index >= 15 is 0 Å². The molecule has 2 saturated heterocycles. The third-order valence-corrected chi connectivity index (χ3v) is 5.73. The number of hydrogen-bond donors (Lipinski definition) is 0. The van der Waals surface area contributed by atoms with Crippen LogP contribution in [-0.4, -0.2) is 66.4 Å². The average molecular weight is 419 g/mol. The third-order valence-electron chi connectivity index (χ3n) is 5.73. The van der Waals surface area contributed by atoms with Crippen molar-refractivity contribution in [3.63, 3.8) is 0 Å². The Labute approximate surface area is 176 Å². The lowest BCUT2D eigenvalue weighted by Gasteiger charge is -2.36. The van der Waals surface area contributed by atoms with E-state index in [9.17, 15) is 19.7 Å². The highest BCUT2D eigenvalue weighted by Gasteiger charge is 2.34. The maximum atomic E-state index is 13.2. The molecule has 2 fully saturated rings. The van der Waals surface area contributed by atoms with Crippen molar-refractivity contribution >= 4 is 17.5 Å². The van der Waals surface area contributed by atoms with E-state index in [1.165, 1.54) is 19.2 Å². The zero-order valence-electron chi connectivity index (χ0n) is 17.6. The predicted molar refractivity (Wildman–Crippen MR) is 110 cm³/mol. The molecule has 164 valence electrons. The van der Waals surface area contributed by atoms with Crippen molar-refractivity contribution in [1.82, 2.24) is 9.80 Å². The molecule has 3 rings (SSSR count). The molecule has 2 aliphatic rings. The molecule has 1 aromatic carbocycles. The fourth-order valence-electron chi connectivity index (χ4n) is 4.21. The number of likely N-dealkylation sites (tertiary alicyclic amines) is 2. The fraction of sp³-hybridized carbons (Fsp3) is 0.619. The Bertz CT molecular complexity index is 806. The van der Waals surface area contributed by atoms with Gasteiger partial charge in [0.15, 0.2) is 11.5 Å². The van der Waals surface area contributed by atoms with Crippen LogP contribution in [0.2, 0.25) is 0 Å². The van der Waals surface area contributed by atoms with Gasteiger partial charge in [0.05, 0.1) is 30.6 Å². The zero-order valence-corrected chi connectivity index (χ0v) is 17.6. The van der Waals surface area contributed by atoms with Gasteiger partial charge in [0.25, 0.3) is 11.6 Å². The van der Waals surface area contributed by atoms with E-state index in [0.29, 0.717) is 19.6 Å². The van der Waals surface area contributed by atoms with E-state index in [2.05, 4.69) is 0 Å². The minimum Gasteiger partial charge on any atom is -0.493 e. The van der Waals surface area contributed by atoms with E-state index in [4.69, 9.17) is 9.47 Å². The molecule has 0 radical (unpaired) electrons. The van der Waals surface area contributed by atoms with Crippen molar-refractivity contribution in [3.8, 4) is 11.5 Å². The number of amides is 2. The molecule has 0 aliphatic carbocycles. The number of ether oxygens (including phenoxy) is 2. The number of nitro benzene ring substituents is 1. The highest BCUT2D eigenvalue weighted by atomic mass is 16.6. The minimum absolute atomic E-state index is 0.0460. The van der Waals surface area contributed by atoms with Gasteiger partial charge in [-0.2, -0.15) is 0 Å². The average Bonchev–Trinajstić information content (AvgIpc) is 2.78. The van der Waals surface area contributed by atoms with Gasteiger partial charge in [-0.05, 0) is 39.0 Å². The van der Waals surface area contributed by atoms with Crippen molar-refractivity contribution in [1.29, 1.82) is 0 Å². The summed E-state index contributed by atoms with van der Waals surface area (Å²) in [6, 6.07) is 2.59. The van der Waals surface area contributed by atoms with Crippen LogP contribution in [0.3, 0.4) is 0 Å². The summed E-state index contributed by atoms with van der Waals surface area (Å²) in [6.07, 6.45) is 4.59. The van der Waals surface area contributed by atoms with Crippen LogP contribution in [-0.2, 0) is 4.79 Å². The standard InChI is InChI=1S/C21H29N3O6/c1-3-30-19-12-16(17(24(27)28)13-18(19)29-2)21(26)23-11-7-8-15(14-23)20(25)22-9-5-4-6-10-22/h12-13,15H,3-11,14H2,1-2H3/t15-/m1/s1. The first-order chi connectivity index (χ1) is 14.5. The number of piperidine rings is 2. The van der Waals surface area contributed by atoms with Gasteiger partial charge in [0.2, 0.25) is 5.91 Å². The van der Waals surface area contributed by atoms with Crippen molar-refractivity contribution < 1.29 is 24.0 Å². The molecule has 1 aromatic rings. The van der Waals surface area contributed by atoms with Gasteiger partial charge in [-0.1, -0.05) is 0 Å². The molecule has 0 saturated carbocycles. The first kappa shape index (κ1) is 21.9. The predicted octanol–water partition coefficient (Wildman–Crippen LogP) is 2.87. The van der Waals surface area contributed by atoms with Crippen molar-refractivity contribution in [2.24, 2.45) is 5.92 Å². The van der Waals surface area contributed by atoms with Crippen molar-refractivity contribution in [2.45, 2.75) is 39.0 Å². The Morgan fingerprint density at radius 1 is 1.10 bits per heavy atom. The molecule has 9 nitrogen and oxygen atoms in total. The second kappa shape index (κ2) is 9.77. The normalized spacial score (nSPS) is 19.3. The third kappa shape index (κ3) is 4.66. The Kier molecular flexibility index (Phi) is 7.12. The Morgan fingerprint density at radius 2 is 1.80 bits per heavy atom.